The standard InChI is InChI=1S/C13H12N2O4S/c1-20-9-4-2-8(3-5-9)6-10-12(18)15(7-11(16)17)13(19)14-10/h2-6H,7H2,1H3,(H,14,19)(H,16,17). The topological polar surface area (TPSA) is 86.7 Å². The normalized spacial score (nSPS) is 16.6. The molecular weight excluding hydrogens is 280 g/mol. The molecule has 2 N–H and O–H groups in total. The zero-order chi connectivity index (χ0) is 14.7. The number of nitrogens with zero attached hydrogens (tertiary/aromatic N) is 1. The van der Waals surface area contributed by atoms with Crippen LogP contribution < -0.4 is 5.32 Å². The number of carboxylic acid groups (broad SMARTS) is 1. The number of nitrogens with one attached hydrogen (secondary N) is 1. The Morgan fingerprint density at radius 1 is 1.35 bits per heavy atom. The first kappa shape index (κ1) is 14.1. The second kappa shape index (κ2) is 5.79. The van der Waals surface area contributed by atoms with Gasteiger partial charge in [0, 0.05) is 4.90 Å². The fraction of sp³-hybridized carbons (Fsp3) is 0.154. The van der Waals surface area contributed by atoms with Crippen molar-refractivity contribution in [3.63, 3.8) is 0 Å². The first-order valence-electron chi connectivity index (χ1n) is 5.71. The minimum atomic E-state index is -1.24. The van der Waals surface area contributed by atoms with E-state index in [-0.39, 0.29) is 5.70 Å². The quantitative estimate of drug-likeness (QED) is 0.497. The summed E-state index contributed by atoms with van der Waals surface area (Å²) in [5.41, 5.74) is 0.830. The molecule has 104 valence electrons. The van der Waals surface area contributed by atoms with E-state index in [0.717, 1.165) is 10.5 Å². The summed E-state index contributed by atoms with van der Waals surface area (Å²) in [5, 5.41) is 11.0. The SMILES string of the molecule is CSc1ccc(C=C2NC(=O)N(CC(=O)O)C2=O)cc1. The predicted molar refractivity (Wildman–Crippen MR) is 74.1 cm³/mol. The van der Waals surface area contributed by atoms with Gasteiger partial charge in [-0.05, 0) is 30.0 Å². The van der Waals surface area contributed by atoms with E-state index in [4.69, 9.17) is 5.11 Å². The number of hydrogen-bond acceptors (Lipinski definition) is 4. The van der Waals surface area contributed by atoms with Crippen LogP contribution in [0.2, 0.25) is 0 Å². The fourth-order valence-electron chi connectivity index (χ4n) is 1.72. The molecule has 7 heteroatoms. The number of benzene rings is 1. The number of amides is 3. The Labute approximate surface area is 119 Å². The van der Waals surface area contributed by atoms with Gasteiger partial charge in [0.1, 0.15) is 12.2 Å². The molecule has 2 rings (SSSR count). The lowest BCUT2D eigenvalue weighted by Gasteiger charge is -2.06. The number of imide groups is 1. The van der Waals surface area contributed by atoms with Gasteiger partial charge in [-0.25, -0.2) is 9.69 Å². The molecule has 0 spiro atoms. The number of carbonyl (C=O) groups is 3. The number of carboxylic acids is 1. The Morgan fingerprint density at radius 2 is 2.00 bits per heavy atom. The number of hydrogen-bond donors (Lipinski definition) is 2. The van der Waals surface area contributed by atoms with E-state index in [9.17, 15) is 14.4 Å². The van der Waals surface area contributed by atoms with E-state index in [1.807, 2.05) is 30.5 Å². The molecule has 0 aliphatic carbocycles. The van der Waals surface area contributed by atoms with Crippen LogP contribution in [0.25, 0.3) is 6.08 Å². The molecule has 1 fully saturated rings. The molecular formula is C13H12N2O4S. The summed E-state index contributed by atoms with van der Waals surface area (Å²) >= 11 is 1.60. The van der Waals surface area contributed by atoms with E-state index in [0.29, 0.717) is 4.90 Å². The minimum Gasteiger partial charge on any atom is -0.480 e. The van der Waals surface area contributed by atoms with Crippen LogP contribution in [0.4, 0.5) is 4.79 Å². The second-order valence-corrected chi connectivity index (χ2v) is 4.93. The molecule has 0 radical (unpaired) electrons. The molecule has 3 amide bonds. The van der Waals surface area contributed by atoms with Gasteiger partial charge in [0.05, 0.1) is 0 Å². The number of urea groups is 1. The molecule has 0 saturated carbocycles. The summed E-state index contributed by atoms with van der Waals surface area (Å²) in [4.78, 5) is 35.7. The predicted octanol–water partition coefficient (Wildman–Crippen LogP) is 1.39. The van der Waals surface area contributed by atoms with E-state index >= 15 is 0 Å². The third-order valence-electron chi connectivity index (χ3n) is 2.68. The summed E-state index contributed by atoms with van der Waals surface area (Å²) in [7, 11) is 0. The zero-order valence-corrected chi connectivity index (χ0v) is 11.4. The van der Waals surface area contributed by atoms with Crippen molar-refractivity contribution in [2.75, 3.05) is 12.8 Å². The molecule has 0 bridgehead atoms. The highest BCUT2D eigenvalue weighted by atomic mass is 32.2. The first-order valence-corrected chi connectivity index (χ1v) is 6.94. The first-order chi connectivity index (χ1) is 9.51. The lowest BCUT2D eigenvalue weighted by atomic mass is 10.2. The number of carbonyl (C=O) groups excluding carboxylic acids is 2. The lowest BCUT2D eigenvalue weighted by molar-refractivity contribution is -0.140. The molecule has 1 heterocycles. The van der Waals surface area contributed by atoms with Gasteiger partial charge in [0.15, 0.2) is 0 Å². The Balaban J connectivity index is 2.20. The van der Waals surface area contributed by atoms with E-state index in [1.54, 1.807) is 11.8 Å². The number of thioether (sulfide) groups is 1. The van der Waals surface area contributed by atoms with Gasteiger partial charge in [-0.1, -0.05) is 12.1 Å². The molecule has 1 aliphatic rings. The Morgan fingerprint density at radius 3 is 2.55 bits per heavy atom. The Hall–Kier alpha value is -2.28. The van der Waals surface area contributed by atoms with Crippen LogP contribution in [0.1, 0.15) is 5.56 Å². The van der Waals surface area contributed by atoms with Gasteiger partial charge >= 0.3 is 12.0 Å². The molecule has 6 nitrogen and oxygen atoms in total. The summed E-state index contributed by atoms with van der Waals surface area (Å²) < 4.78 is 0. The van der Waals surface area contributed by atoms with Gasteiger partial charge in [0.2, 0.25) is 0 Å². The zero-order valence-electron chi connectivity index (χ0n) is 10.6. The molecule has 0 atom stereocenters. The number of rotatable bonds is 4. The van der Waals surface area contributed by atoms with Gasteiger partial charge in [-0.2, -0.15) is 0 Å². The van der Waals surface area contributed by atoms with Crippen LogP contribution in [0.15, 0.2) is 34.9 Å². The molecule has 0 aromatic heterocycles. The highest BCUT2D eigenvalue weighted by molar-refractivity contribution is 7.98. The van der Waals surface area contributed by atoms with Crippen molar-refractivity contribution in [3.05, 3.63) is 35.5 Å². The monoisotopic (exact) mass is 292 g/mol. The average molecular weight is 292 g/mol. The van der Waals surface area contributed by atoms with Crippen LogP contribution in [-0.2, 0) is 9.59 Å². The van der Waals surface area contributed by atoms with Crippen molar-refractivity contribution in [1.29, 1.82) is 0 Å². The van der Waals surface area contributed by atoms with E-state index in [1.165, 1.54) is 6.08 Å². The van der Waals surface area contributed by atoms with E-state index in [2.05, 4.69) is 5.32 Å². The summed E-state index contributed by atoms with van der Waals surface area (Å²) in [6, 6.07) is 6.71. The number of aliphatic carboxylic acids is 1. The van der Waals surface area contributed by atoms with Crippen molar-refractivity contribution in [3.8, 4) is 0 Å². The highest BCUT2D eigenvalue weighted by Crippen LogP contribution is 2.18. The molecule has 1 aromatic rings. The maximum atomic E-state index is 11.9. The molecule has 20 heavy (non-hydrogen) atoms. The second-order valence-electron chi connectivity index (χ2n) is 4.05. The Kier molecular flexibility index (Phi) is 4.09. The van der Waals surface area contributed by atoms with Gasteiger partial charge < -0.3 is 10.4 Å². The maximum Gasteiger partial charge on any atom is 0.329 e. The molecule has 1 aliphatic heterocycles. The van der Waals surface area contributed by atoms with Gasteiger partial charge in [-0.15, -0.1) is 11.8 Å². The van der Waals surface area contributed by atoms with Crippen LogP contribution in [-0.4, -0.2) is 40.7 Å². The van der Waals surface area contributed by atoms with Crippen molar-refractivity contribution < 1.29 is 19.5 Å². The third-order valence-corrected chi connectivity index (χ3v) is 3.43. The Bertz CT molecular complexity index is 595. The molecule has 1 aromatic carbocycles. The smallest absolute Gasteiger partial charge is 0.329 e. The van der Waals surface area contributed by atoms with Gasteiger partial charge in [0.25, 0.3) is 5.91 Å². The highest BCUT2D eigenvalue weighted by Gasteiger charge is 2.34. The lowest BCUT2D eigenvalue weighted by Crippen LogP contribution is -2.35. The van der Waals surface area contributed by atoms with Gasteiger partial charge in [-0.3, -0.25) is 9.59 Å². The van der Waals surface area contributed by atoms with Crippen molar-refractivity contribution >= 4 is 35.7 Å². The largest absolute Gasteiger partial charge is 0.480 e. The maximum absolute atomic E-state index is 11.9. The van der Waals surface area contributed by atoms with Crippen molar-refractivity contribution in [2.45, 2.75) is 4.90 Å². The third kappa shape index (κ3) is 3.00. The minimum absolute atomic E-state index is 0.0770. The fourth-order valence-corrected chi connectivity index (χ4v) is 2.13. The van der Waals surface area contributed by atoms with Crippen LogP contribution in [0.3, 0.4) is 0 Å². The molecule has 0 unspecified atom stereocenters. The average Bonchev–Trinajstić information content (AvgIpc) is 2.67. The summed E-state index contributed by atoms with van der Waals surface area (Å²) in [5.74, 6) is -1.87. The van der Waals surface area contributed by atoms with Crippen LogP contribution >= 0.6 is 11.8 Å². The van der Waals surface area contributed by atoms with Crippen molar-refractivity contribution in [1.82, 2.24) is 10.2 Å². The summed E-state index contributed by atoms with van der Waals surface area (Å²) in [6.45, 7) is -0.645. The van der Waals surface area contributed by atoms with Crippen LogP contribution in [0, 0.1) is 0 Å². The summed E-state index contributed by atoms with van der Waals surface area (Å²) in [6.07, 6.45) is 3.48. The van der Waals surface area contributed by atoms with Crippen molar-refractivity contribution in [2.24, 2.45) is 0 Å². The van der Waals surface area contributed by atoms with Crippen LogP contribution in [0.5, 0.6) is 0 Å². The van der Waals surface area contributed by atoms with E-state index < -0.39 is 24.5 Å². The molecule has 1 saturated heterocycles.